The molecule has 2 aromatic rings. The highest BCUT2D eigenvalue weighted by Gasteiger charge is 2.38. The molecule has 0 bridgehead atoms. The summed E-state index contributed by atoms with van der Waals surface area (Å²) in [6.07, 6.45) is 5.18. The zero-order valence-electron chi connectivity index (χ0n) is 16.6. The molecular formula is C21H26BrN5O2. The van der Waals surface area contributed by atoms with Crippen LogP contribution in [0.1, 0.15) is 31.2 Å². The molecule has 2 saturated heterocycles. The molecule has 0 spiro atoms. The van der Waals surface area contributed by atoms with E-state index < -0.39 is 0 Å². The topological polar surface area (TPSA) is 70.6 Å². The number of carbonyl (C=O) groups excluding carboxylic acids is 1. The third kappa shape index (κ3) is 4.70. The molecule has 154 valence electrons. The van der Waals surface area contributed by atoms with Gasteiger partial charge >= 0.3 is 6.03 Å². The van der Waals surface area contributed by atoms with Crippen LogP contribution in [-0.4, -0.2) is 64.6 Å². The van der Waals surface area contributed by atoms with Gasteiger partial charge in [-0.3, -0.25) is 10.2 Å². The average Bonchev–Trinajstić information content (AvgIpc) is 2.99. The largest absolute Gasteiger partial charge is 0.477 e. The minimum Gasteiger partial charge on any atom is -0.477 e. The minimum absolute atomic E-state index is 0.119. The number of nitrogens with zero attached hydrogens (tertiary/aromatic N) is 4. The second kappa shape index (κ2) is 9.09. The summed E-state index contributed by atoms with van der Waals surface area (Å²) in [5.74, 6) is 1.34. The molecule has 29 heavy (non-hydrogen) atoms. The first-order chi connectivity index (χ1) is 14.1. The van der Waals surface area contributed by atoms with Crippen LogP contribution < -0.4 is 10.1 Å². The summed E-state index contributed by atoms with van der Waals surface area (Å²) in [7, 11) is 0. The summed E-state index contributed by atoms with van der Waals surface area (Å²) < 4.78 is 6.39. The number of amides is 2. The molecule has 2 aliphatic rings. The predicted molar refractivity (Wildman–Crippen MR) is 115 cm³/mol. The highest BCUT2D eigenvalue weighted by Crippen LogP contribution is 2.35. The van der Waals surface area contributed by atoms with Crippen LogP contribution in [0, 0.1) is 0 Å². The van der Waals surface area contributed by atoms with E-state index in [2.05, 4.69) is 60.4 Å². The molecule has 7 nitrogen and oxygen atoms in total. The van der Waals surface area contributed by atoms with Gasteiger partial charge in [-0.05, 0) is 44.0 Å². The molecule has 0 radical (unpaired) electrons. The number of ether oxygens (including phenoxy) is 1. The van der Waals surface area contributed by atoms with Crippen molar-refractivity contribution in [1.29, 1.82) is 0 Å². The van der Waals surface area contributed by atoms with Crippen LogP contribution in [0.25, 0.3) is 0 Å². The lowest BCUT2D eigenvalue weighted by molar-refractivity contribution is 0.196. The van der Waals surface area contributed by atoms with Gasteiger partial charge in [0.1, 0.15) is 0 Å². The first kappa shape index (κ1) is 20.1. The predicted octanol–water partition coefficient (Wildman–Crippen LogP) is 3.73. The van der Waals surface area contributed by atoms with E-state index in [1.165, 1.54) is 18.0 Å². The molecule has 1 N–H and O–H groups in total. The van der Waals surface area contributed by atoms with Crippen molar-refractivity contribution in [3.63, 3.8) is 0 Å². The number of carbonyl (C=O) groups is 1. The quantitative estimate of drug-likeness (QED) is 0.753. The lowest BCUT2D eigenvalue weighted by Crippen LogP contribution is -2.43. The number of halogens is 1. The average molecular weight is 460 g/mol. The van der Waals surface area contributed by atoms with Gasteiger partial charge in [0.2, 0.25) is 5.88 Å². The van der Waals surface area contributed by atoms with Crippen molar-refractivity contribution >= 4 is 27.8 Å². The fourth-order valence-electron chi connectivity index (χ4n) is 4.29. The summed E-state index contributed by atoms with van der Waals surface area (Å²) in [6, 6.07) is 8.82. The van der Waals surface area contributed by atoms with Crippen LogP contribution in [0.4, 0.5) is 10.6 Å². The number of hydrogen-bond acceptors (Lipinski definition) is 5. The summed E-state index contributed by atoms with van der Waals surface area (Å²) in [5, 5.41) is 2.88. The molecule has 4 rings (SSSR count). The Bertz CT molecular complexity index is 830. The van der Waals surface area contributed by atoms with E-state index in [-0.39, 0.29) is 6.03 Å². The molecule has 2 amide bonds. The van der Waals surface area contributed by atoms with E-state index in [1.54, 1.807) is 0 Å². The Morgan fingerprint density at radius 3 is 2.76 bits per heavy atom. The van der Waals surface area contributed by atoms with Crippen LogP contribution in [0.2, 0.25) is 0 Å². The smallest absolute Gasteiger partial charge is 0.323 e. The Hall–Kier alpha value is -2.19. The molecule has 0 aliphatic carbocycles. The monoisotopic (exact) mass is 459 g/mol. The summed E-state index contributed by atoms with van der Waals surface area (Å²) in [5.41, 5.74) is 1.35. The molecule has 0 unspecified atom stereocenters. The van der Waals surface area contributed by atoms with Gasteiger partial charge in [-0.25, -0.2) is 14.8 Å². The highest BCUT2D eigenvalue weighted by molar-refractivity contribution is 9.10. The number of anilines is 1. The van der Waals surface area contributed by atoms with E-state index in [1.807, 2.05) is 11.8 Å². The van der Waals surface area contributed by atoms with Gasteiger partial charge in [0.15, 0.2) is 5.82 Å². The van der Waals surface area contributed by atoms with E-state index in [0.29, 0.717) is 30.3 Å². The van der Waals surface area contributed by atoms with E-state index in [4.69, 9.17) is 4.74 Å². The zero-order valence-corrected chi connectivity index (χ0v) is 18.1. The standard InChI is InChI=1S/C21H26BrN5O2/c1-2-29-20-13-23-19(12-24-20)25-21(28)27-10-3-9-26-11-8-17(18(26)14-27)15-4-6-16(22)7-5-15/h4-7,12-13,17-18H,2-3,8-11,14H2,1H3,(H,23,25,28)/t17-,18+/m1/s1. The van der Waals surface area contributed by atoms with Crippen LogP contribution in [-0.2, 0) is 0 Å². The fourth-order valence-corrected chi connectivity index (χ4v) is 4.56. The van der Waals surface area contributed by atoms with Crippen LogP contribution in [0.3, 0.4) is 0 Å². The van der Waals surface area contributed by atoms with Crippen molar-refractivity contribution in [3.8, 4) is 5.88 Å². The molecule has 0 saturated carbocycles. The molecule has 2 fully saturated rings. The number of aromatic nitrogens is 2. The molecule has 2 atom stereocenters. The molecule has 2 aliphatic heterocycles. The Balaban J connectivity index is 1.44. The van der Waals surface area contributed by atoms with Crippen molar-refractivity contribution in [2.75, 3.05) is 38.1 Å². The van der Waals surface area contributed by atoms with E-state index in [9.17, 15) is 4.79 Å². The van der Waals surface area contributed by atoms with E-state index in [0.717, 1.165) is 43.5 Å². The van der Waals surface area contributed by atoms with Gasteiger partial charge in [-0.2, -0.15) is 0 Å². The number of nitrogens with one attached hydrogen (secondary N) is 1. The second-order valence-electron chi connectivity index (χ2n) is 7.45. The molecule has 1 aromatic carbocycles. The Morgan fingerprint density at radius 2 is 2.03 bits per heavy atom. The SMILES string of the molecule is CCOc1cnc(NC(=O)N2CCCN3CC[C@H](c4ccc(Br)cc4)[C@@H]3C2)cn1. The first-order valence-corrected chi connectivity index (χ1v) is 10.9. The minimum atomic E-state index is -0.119. The van der Waals surface area contributed by atoms with Crippen LogP contribution in [0.5, 0.6) is 5.88 Å². The normalized spacial score (nSPS) is 22.1. The lowest BCUT2D eigenvalue weighted by atomic mass is 9.91. The number of hydrogen-bond donors (Lipinski definition) is 1. The number of benzene rings is 1. The molecule has 1 aromatic heterocycles. The Morgan fingerprint density at radius 1 is 1.21 bits per heavy atom. The lowest BCUT2D eigenvalue weighted by Gasteiger charge is -2.30. The van der Waals surface area contributed by atoms with Crippen molar-refractivity contribution in [1.82, 2.24) is 19.8 Å². The molecule has 3 heterocycles. The fraction of sp³-hybridized carbons (Fsp3) is 0.476. The summed E-state index contributed by atoms with van der Waals surface area (Å²) in [4.78, 5) is 25.8. The van der Waals surface area contributed by atoms with Crippen LogP contribution >= 0.6 is 15.9 Å². The second-order valence-corrected chi connectivity index (χ2v) is 8.37. The zero-order chi connectivity index (χ0) is 20.2. The van der Waals surface area contributed by atoms with Crippen molar-refractivity contribution in [2.24, 2.45) is 0 Å². The Labute approximate surface area is 179 Å². The summed E-state index contributed by atoms with van der Waals surface area (Å²) in [6.45, 7) is 6.01. The van der Waals surface area contributed by atoms with Gasteiger partial charge < -0.3 is 9.64 Å². The maximum Gasteiger partial charge on any atom is 0.323 e. The van der Waals surface area contributed by atoms with Crippen LogP contribution in [0.15, 0.2) is 41.1 Å². The Kier molecular flexibility index (Phi) is 6.30. The third-order valence-corrected chi connectivity index (χ3v) is 6.21. The van der Waals surface area contributed by atoms with Gasteiger partial charge in [-0.15, -0.1) is 0 Å². The van der Waals surface area contributed by atoms with Gasteiger partial charge in [-0.1, -0.05) is 28.1 Å². The summed E-state index contributed by atoms with van der Waals surface area (Å²) >= 11 is 3.52. The first-order valence-electron chi connectivity index (χ1n) is 10.1. The van der Waals surface area contributed by atoms with Gasteiger partial charge in [0.05, 0.1) is 19.0 Å². The van der Waals surface area contributed by atoms with Crippen molar-refractivity contribution in [2.45, 2.75) is 31.7 Å². The molecule has 8 heteroatoms. The van der Waals surface area contributed by atoms with E-state index >= 15 is 0 Å². The van der Waals surface area contributed by atoms with Gasteiger partial charge in [0.25, 0.3) is 0 Å². The van der Waals surface area contributed by atoms with Crippen molar-refractivity contribution in [3.05, 3.63) is 46.7 Å². The highest BCUT2D eigenvalue weighted by atomic mass is 79.9. The van der Waals surface area contributed by atoms with Crippen molar-refractivity contribution < 1.29 is 9.53 Å². The maximum absolute atomic E-state index is 12.9. The maximum atomic E-state index is 12.9. The molecular weight excluding hydrogens is 434 g/mol. The third-order valence-electron chi connectivity index (χ3n) is 5.68. The number of rotatable bonds is 4. The number of fused-ring (bicyclic) bond motifs is 1. The number of urea groups is 1. The van der Waals surface area contributed by atoms with Gasteiger partial charge in [0, 0.05) is 36.1 Å².